The summed E-state index contributed by atoms with van der Waals surface area (Å²) < 4.78 is 0.938. The molecule has 0 atom stereocenters. The van der Waals surface area contributed by atoms with E-state index in [1.54, 1.807) is 0 Å². The molecule has 0 saturated heterocycles. The molecule has 0 N–H and O–H groups in total. The van der Waals surface area contributed by atoms with Gasteiger partial charge in [0.2, 0.25) is 0 Å². The average Bonchev–Trinajstić information content (AvgIpc) is 2.29. The summed E-state index contributed by atoms with van der Waals surface area (Å²) in [6.45, 7) is 1.49. The van der Waals surface area contributed by atoms with Crippen LogP contribution in [-0.2, 0) is 0 Å². The van der Waals surface area contributed by atoms with Crippen LogP contribution < -0.4 is 0 Å². The van der Waals surface area contributed by atoms with Gasteiger partial charge in [0, 0.05) is 22.5 Å². The van der Waals surface area contributed by atoms with Gasteiger partial charge in [0.1, 0.15) is 0 Å². The van der Waals surface area contributed by atoms with E-state index in [0.717, 1.165) is 17.4 Å². The molecule has 84 valence electrons. The van der Waals surface area contributed by atoms with Gasteiger partial charge in [0.25, 0.3) is 5.91 Å². The fourth-order valence-electron chi connectivity index (χ4n) is 1.68. The number of hydrogen-bond acceptors (Lipinski definition) is 2. The van der Waals surface area contributed by atoms with Crippen LogP contribution in [0.4, 0.5) is 0 Å². The Hall–Kier alpha value is -0.740. The molecule has 0 aromatic heterocycles. The first-order chi connectivity index (χ1) is 7.68. The Kier molecular flexibility index (Phi) is 3.71. The van der Waals surface area contributed by atoms with Crippen LogP contribution in [0.15, 0.2) is 39.7 Å². The zero-order valence-electron chi connectivity index (χ0n) is 8.69. The van der Waals surface area contributed by atoms with Crippen molar-refractivity contribution >= 4 is 34.5 Å². The lowest BCUT2D eigenvalue weighted by atomic mass is 10.1. The molecule has 16 heavy (non-hydrogen) atoms. The van der Waals surface area contributed by atoms with E-state index < -0.39 is 0 Å². The molecule has 1 aliphatic heterocycles. The minimum absolute atomic E-state index is 0.0573. The van der Waals surface area contributed by atoms with Gasteiger partial charge in [-0.25, -0.2) is 0 Å². The second-order valence-electron chi connectivity index (χ2n) is 3.67. The number of benzene rings is 1. The Morgan fingerprint density at radius 1 is 1.38 bits per heavy atom. The average molecular weight is 298 g/mol. The Morgan fingerprint density at radius 2 is 2.19 bits per heavy atom. The molecule has 1 aliphatic rings. The largest absolute Gasteiger partial charge is 0.335 e. The first-order valence-electron chi connectivity index (χ1n) is 5.11. The molecule has 0 saturated carbocycles. The predicted molar refractivity (Wildman–Crippen MR) is 71.1 cm³/mol. The van der Waals surface area contributed by atoms with Gasteiger partial charge in [-0.15, -0.1) is 12.6 Å². The lowest BCUT2D eigenvalue weighted by Crippen LogP contribution is -2.33. The van der Waals surface area contributed by atoms with Gasteiger partial charge in [0.15, 0.2) is 0 Å². The van der Waals surface area contributed by atoms with E-state index in [4.69, 9.17) is 0 Å². The molecule has 2 nitrogen and oxygen atoms in total. The molecule has 1 amide bonds. The van der Waals surface area contributed by atoms with Crippen LogP contribution in [0.2, 0.25) is 0 Å². The van der Waals surface area contributed by atoms with Crippen molar-refractivity contribution in [3.05, 3.63) is 40.4 Å². The molecule has 0 unspecified atom stereocenters. The number of halogens is 1. The fraction of sp³-hybridized carbons (Fsp3) is 0.250. The number of carbonyl (C=O) groups is 1. The topological polar surface area (TPSA) is 20.3 Å². The molecule has 0 aliphatic carbocycles. The number of amides is 1. The highest BCUT2D eigenvalue weighted by molar-refractivity contribution is 9.10. The van der Waals surface area contributed by atoms with Gasteiger partial charge in [-0.2, -0.15) is 0 Å². The van der Waals surface area contributed by atoms with E-state index in [2.05, 4.69) is 34.6 Å². The standard InChI is InChI=1S/C12H12BrNOS/c13-9-4-5-10(11(16)8-9)12(15)14-6-2-1-3-7-14/h1-2,4-5,8,16H,3,6-7H2. The fourth-order valence-corrected chi connectivity index (χ4v) is 2.53. The Labute approximate surface area is 109 Å². The van der Waals surface area contributed by atoms with Gasteiger partial charge in [-0.3, -0.25) is 4.79 Å². The lowest BCUT2D eigenvalue weighted by Gasteiger charge is -2.24. The van der Waals surface area contributed by atoms with Crippen molar-refractivity contribution in [1.82, 2.24) is 4.90 Å². The van der Waals surface area contributed by atoms with E-state index >= 15 is 0 Å². The van der Waals surface area contributed by atoms with Crippen molar-refractivity contribution in [3.8, 4) is 0 Å². The minimum atomic E-state index is 0.0573. The van der Waals surface area contributed by atoms with E-state index in [0.29, 0.717) is 17.0 Å². The van der Waals surface area contributed by atoms with Crippen LogP contribution in [-0.4, -0.2) is 23.9 Å². The third-order valence-corrected chi connectivity index (χ3v) is 3.40. The summed E-state index contributed by atoms with van der Waals surface area (Å²) in [5.74, 6) is 0.0573. The summed E-state index contributed by atoms with van der Waals surface area (Å²) in [5.41, 5.74) is 0.668. The quantitative estimate of drug-likeness (QED) is 0.624. The van der Waals surface area contributed by atoms with Crippen molar-refractivity contribution in [1.29, 1.82) is 0 Å². The molecule has 0 radical (unpaired) electrons. The van der Waals surface area contributed by atoms with E-state index in [9.17, 15) is 4.79 Å². The second kappa shape index (κ2) is 5.06. The van der Waals surface area contributed by atoms with E-state index in [1.165, 1.54) is 0 Å². The summed E-state index contributed by atoms with van der Waals surface area (Å²) in [6, 6.07) is 5.52. The summed E-state index contributed by atoms with van der Waals surface area (Å²) in [6.07, 6.45) is 5.07. The molecule has 1 heterocycles. The first kappa shape index (κ1) is 11.7. The third-order valence-electron chi connectivity index (χ3n) is 2.54. The SMILES string of the molecule is O=C(c1ccc(Br)cc1S)N1CC=CCC1. The highest BCUT2D eigenvalue weighted by Gasteiger charge is 2.17. The third kappa shape index (κ3) is 2.50. The lowest BCUT2D eigenvalue weighted by molar-refractivity contribution is 0.0767. The normalized spacial score (nSPS) is 15.2. The number of hydrogen-bond donors (Lipinski definition) is 1. The summed E-state index contributed by atoms with van der Waals surface area (Å²) in [4.78, 5) is 14.7. The number of thiol groups is 1. The van der Waals surface area contributed by atoms with Crippen molar-refractivity contribution in [2.24, 2.45) is 0 Å². The van der Waals surface area contributed by atoms with Crippen LogP contribution in [0.1, 0.15) is 16.8 Å². The van der Waals surface area contributed by atoms with Crippen molar-refractivity contribution in [2.45, 2.75) is 11.3 Å². The number of nitrogens with zero attached hydrogens (tertiary/aromatic N) is 1. The van der Waals surface area contributed by atoms with Crippen molar-refractivity contribution < 1.29 is 4.79 Å². The highest BCUT2D eigenvalue weighted by Crippen LogP contribution is 2.21. The van der Waals surface area contributed by atoms with Gasteiger partial charge < -0.3 is 4.90 Å². The Morgan fingerprint density at radius 3 is 2.81 bits per heavy atom. The Bertz CT molecular complexity index is 445. The van der Waals surface area contributed by atoms with Crippen LogP contribution in [0.3, 0.4) is 0 Å². The molecule has 0 bridgehead atoms. The molecule has 2 rings (SSSR count). The van der Waals surface area contributed by atoms with E-state index in [1.807, 2.05) is 29.2 Å². The molecule has 0 fully saturated rings. The molecular formula is C12H12BrNOS. The van der Waals surface area contributed by atoms with Crippen LogP contribution in [0, 0.1) is 0 Å². The maximum absolute atomic E-state index is 12.2. The highest BCUT2D eigenvalue weighted by atomic mass is 79.9. The summed E-state index contributed by atoms with van der Waals surface area (Å²) in [7, 11) is 0. The molecule has 4 heteroatoms. The predicted octanol–water partition coefficient (Wildman–Crippen LogP) is 3.14. The van der Waals surface area contributed by atoms with Crippen LogP contribution in [0.5, 0.6) is 0 Å². The van der Waals surface area contributed by atoms with Crippen LogP contribution in [0.25, 0.3) is 0 Å². The van der Waals surface area contributed by atoms with Gasteiger partial charge >= 0.3 is 0 Å². The van der Waals surface area contributed by atoms with Crippen LogP contribution >= 0.6 is 28.6 Å². The molecule has 0 spiro atoms. The summed E-state index contributed by atoms with van der Waals surface area (Å²) in [5, 5.41) is 0. The minimum Gasteiger partial charge on any atom is -0.335 e. The Balaban J connectivity index is 2.23. The number of rotatable bonds is 1. The second-order valence-corrected chi connectivity index (χ2v) is 5.07. The zero-order chi connectivity index (χ0) is 11.5. The molecule has 1 aromatic rings. The van der Waals surface area contributed by atoms with Gasteiger partial charge in [0.05, 0.1) is 5.56 Å². The summed E-state index contributed by atoms with van der Waals surface area (Å²) >= 11 is 7.69. The monoisotopic (exact) mass is 297 g/mol. The van der Waals surface area contributed by atoms with Gasteiger partial charge in [-0.05, 0) is 24.6 Å². The first-order valence-corrected chi connectivity index (χ1v) is 6.35. The molecule has 1 aromatic carbocycles. The van der Waals surface area contributed by atoms with E-state index in [-0.39, 0.29) is 5.91 Å². The zero-order valence-corrected chi connectivity index (χ0v) is 11.2. The maximum atomic E-state index is 12.2. The van der Waals surface area contributed by atoms with Crippen molar-refractivity contribution in [3.63, 3.8) is 0 Å². The molecular weight excluding hydrogens is 286 g/mol. The van der Waals surface area contributed by atoms with Crippen molar-refractivity contribution in [2.75, 3.05) is 13.1 Å². The van der Waals surface area contributed by atoms with Gasteiger partial charge in [-0.1, -0.05) is 28.1 Å². The smallest absolute Gasteiger partial charge is 0.255 e. The number of carbonyl (C=O) groups excluding carboxylic acids is 1. The maximum Gasteiger partial charge on any atom is 0.255 e.